The average molecular weight is 340 g/mol. The van der Waals surface area contributed by atoms with Crippen LogP contribution in [0.15, 0.2) is 30.3 Å². The van der Waals surface area contributed by atoms with Crippen LogP contribution in [-0.4, -0.2) is 36.2 Å². The molecule has 0 bridgehead atoms. The largest absolute Gasteiger partial charge is 1.00 e. The number of aromatic carboxylic acids is 1. The summed E-state index contributed by atoms with van der Waals surface area (Å²) in [6.07, 6.45) is 0. The molecule has 2 aromatic carbocycles. The van der Waals surface area contributed by atoms with Crippen molar-refractivity contribution >= 4 is 11.8 Å². The first-order chi connectivity index (χ1) is 10.9. The number of ether oxygens (including phenoxy) is 2. The van der Waals surface area contributed by atoms with E-state index in [0.717, 1.165) is 12.1 Å². The molecule has 120 valence electrons. The van der Waals surface area contributed by atoms with Gasteiger partial charge in [-0.15, -0.1) is 0 Å². The molecule has 0 aromatic heterocycles. The SMILES string of the molecule is COc1ccc(C(=O)c2c(O)cc(OC)cc2C(=O)[O-])c(O)c1.[Na+]. The van der Waals surface area contributed by atoms with Crippen LogP contribution in [0.3, 0.4) is 0 Å². The number of hydrogen-bond acceptors (Lipinski definition) is 7. The predicted molar refractivity (Wildman–Crippen MR) is 77.1 cm³/mol. The van der Waals surface area contributed by atoms with Crippen molar-refractivity contribution in [3.63, 3.8) is 0 Å². The van der Waals surface area contributed by atoms with Crippen LogP contribution in [0.5, 0.6) is 23.0 Å². The Kier molecular flexibility index (Phi) is 6.65. The van der Waals surface area contributed by atoms with Crippen LogP contribution >= 0.6 is 0 Å². The van der Waals surface area contributed by atoms with Gasteiger partial charge in [0.05, 0.1) is 31.3 Å². The van der Waals surface area contributed by atoms with E-state index in [1.165, 1.54) is 32.4 Å². The molecule has 2 aromatic rings. The topological polar surface area (TPSA) is 116 Å². The molecule has 0 aliphatic carbocycles. The van der Waals surface area contributed by atoms with E-state index in [9.17, 15) is 24.9 Å². The molecule has 0 fully saturated rings. The number of carbonyl (C=O) groups excluding carboxylic acids is 2. The maximum atomic E-state index is 12.5. The second kappa shape index (κ2) is 8.05. The molecule has 0 heterocycles. The molecule has 0 aliphatic rings. The zero-order valence-corrected chi connectivity index (χ0v) is 15.3. The van der Waals surface area contributed by atoms with Crippen LogP contribution in [0.2, 0.25) is 0 Å². The maximum Gasteiger partial charge on any atom is 1.00 e. The standard InChI is InChI=1S/C16H14O7.Na/c1-22-8-3-4-10(12(17)6-8)15(19)14-11(16(20)21)5-9(23-2)7-13(14)18;/h3-7,17-18H,1-2H3,(H,20,21);/q;+1/p-1. The smallest absolute Gasteiger partial charge is 0.545 e. The summed E-state index contributed by atoms with van der Waals surface area (Å²) in [5, 5.41) is 31.1. The molecular weight excluding hydrogens is 327 g/mol. The molecule has 24 heavy (non-hydrogen) atoms. The molecule has 0 unspecified atom stereocenters. The van der Waals surface area contributed by atoms with E-state index in [-0.39, 0.29) is 40.9 Å². The molecule has 8 heteroatoms. The molecule has 0 saturated heterocycles. The summed E-state index contributed by atoms with van der Waals surface area (Å²) < 4.78 is 9.76. The fourth-order valence-corrected chi connectivity index (χ4v) is 2.08. The summed E-state index contributed by atoms with van der Waals surface area (Å²) in [5.41, 5.74) is -1.22. The van der Waals surface area contributed by atoms with Crippen molar-refractivity contribution in [1.82, 2.24) is 0 Å². The predicted octanol–water partition coefficient (Wildman–Crippen LogP) is -2.29. The molecule has 2 rings (SSSR count). The third-order valence-electron chi connectivity index (χ3n) is 3.22. The number of rotatable bonds is 5. The molecule has 0 aliphatic heterocycles. The van der Waals surface area contributed by atoms with Crippen LogP contribution in [0, 0.1) is 0 Å². The fraction of sp³-hybridized carbons (Fsp3) is 0.125. The molecule has 2 N–H and O–H groups in total. The molecule has 7 nitrogen and oxygen atoms in total. The van der Waals surface area contributed by atoms with Gasteiger partial charge in [-0.05, 0) is 18.2 Å². The Morgan fingerprint density at radius 1 is 0.917 bits per heavy atom. The van der Waals surface area contributed by atoms with Crippen LogP contribution in [0.25, 0.3) is 0 Å². The second-order valence-electron chi connectivity index (χ2n) is 4.57. The van der Waals surface area contributed by atoms with Crippen LogP contribution in [0.4, 0.5) is 0 Å². The first kappa shape index (κ1) is 19.8. The van der Waals surface area contributed by atoms with Crippen molar-refractivity contribution in [2.24, 2.45) is 0 Å². The van der Waals surface area contributed by atoms with Crippen molar-refractivity contribution in [3.05, 3.63) is 47.0 Å². The van der Waals surface area contributed by atoms with Crippen LogP contribution < -0.4 is 44.1 Å². The van der Waals surface area contributed by atoms with Gasteiger partial charge in [0.15, 0.2) is 0 Å². The van der Waals surface area contributed by atoms with Gasteiger partial charge in [0.1, 0.15) is 23.0 Å². The zero-order chi connectivity index (χ0) is 17.1. The normalized spacial score (nSPS) is 9.75. The van der Waals surface area contributed by atoms with Gasteiger partial charge in [-0.25, -0.2) is 0 Å². The average Bonchev–Trinajstić information content (AvgIpc) is 2.53. The molecular formula is C16H13NaO7. The number of carbonyl (C=O) groups is 2. The van der Waals surface area contributed by atoms with E-state index in [4.69, 9.17) is 9.47 Å². The van der Waals surface area contributed by atoms with Crippen LogP contribution in [-0.2, 0) is 0 Å². The molecule has 0 spiro atoms. The summed E-state index contributed by atoms with van der Waals surface area (Å²) in [6, 6.07) is 6.04. The number of benzene rings is 2. The Balaban J connectivity index is 0.00000288. The van der Waals surface area contributed by atoms with E-state index in [0.29, 0.717) is 5.75 Å². The summed E-state index contributed by atoms with van der Waals surface area (Å²) >= 11 is 0. The van der Waals surface area contributed by atoms with E-state index >= 15 is 0 Å². The van der Waals surface area contributed by atoms with Crippen molar-refractivity contribution in [2.45, 2.75) is 0 Å². The minimum Gasteiger partial charge on any atom is -0.545 e. The second-order valence-corrected chi connectivity index (χ2v) is 4.57. The van der Waals surface area contributed by atoms with Gasteiger partial charge in [0.2, 0.25) is 5.78 Å². The zero-order valence-electron chi connectivity index (χ0n) is 13.3. The summed E-state index contributed by atoms with van der Waals surface area (Å²) in [7, 11) is 2.67. The monoisotopic (exact) mass is 340 g/mol. The Morgan fingerprint density at radius 3 is 2.00 bits per heavy atom. The molecule has 0 amide bonds. The van der Waals surface area contributed by atoms with E-state index in [1.807, 2.05) is 0 Å². The Bertz CT molecular complexity index is 786. The minimum absolute atomic E-state index is 0. The van der Waals surface area contributed by atoms with Gasteiger partial charge in [-0.1, -0.05) is 0 Å². The summed E-state index contributed by atoms with van der Waals surface area (Å²) in [4.78, 5) is 23.8. The third-order valence-corrected chi connectivity index (χ3v) is 3.22. The summed E-state index contributed by atoms with van der Waals surface area (Å²) in [5.74, 6) is -3.16. The Morgan fingerprint density at radius 2 is 1.50 bits per heavy atom. The maximum absolute atomic E-state index is 12.5. The molecule has 0 radical (unpaired) electrons. The third kappa shape index (κ3) is 3.81. The summed E-state index contributed by atoms with van der Waals surface area (Å²) in [6.45, 7) is 0. The number of phenolic OH excluding ortho intramolecular Hbond substituents is 2. The van der Waals surface area contributed by atoms with Crippen molar-refractivity contribution in [2.75, 3.05) is 14.2 Å². The molecule has 0 atom stereocenters. The number of methoxy groups -OCH3 is 2. The van der Waals surface area contributed by atoms with Gasteiger partial charge in [-0.2, -0.15) is 0 Å². The fourth-order valence-electron chi connectivity index (χ4n) is 2.08. The van der Waals surface area contributed by atoms with Crippen molar-refractivity contribution in [3.8, 4) is 23.0 Å². The Labute approximate surface area is 159 Å². The van der Waals surface area contributed by atoms with Crippen molar-refractivity contribution in [1.29, 1.82) is 0 Å². The Hall–Kier alpha value is -2.22. The van der Waals surface area contributed by atoms with Gasteiger partial charge < -0.3 is 29.6 Å². The van der Waals surface area contributed by atoms with Gasteiger partial charge in [-0.3, -0.25) is 4.79 Å². The van der Waals surface area contributed by atoms with Crippen molar-refractivity contribution < 1.29 is 63.9 Å². The van der Waals surface area contributed by atoms with Gasteiger partial charge in [0, 0.05) is 17.7 Å². The number of carboxylic acid groups (broad SMARTS) is 1. The first-order valence-corrected chi connectivity index (χ1v) is 6.43. The minimum atomic E-state index is -1.66. The first-order valence-electron chi connectivity index (χ1n) is 6.43. The van der Waals surface area contributed by atoms with Gasteiger partial charge in [0.25, 0.3) is 0 Å². The number of ketones is 1. The van der Waals surface area contributed by atoms with E-state index < -0.39 is 34.4 Å². The number of carboxylic acids is 1. The number of aromatic hydroxyl groups is 2. The van der Waals surface area contributed by atoms with E-state index in [2.05, 4.69) is 0 Å². The van der Waals surface area contributed by atoms with Crippen LogP contribution in [0.1, 0.15) is 26.3 Å². The van der Waals surface area contributed by atoms with E-state index in [1.54, 1.807) is 0 Å². The number of hydrogen-bond donors (Lipinski definition) is 2. The quantitative estimate of drug-likeness (QED) is 0.465. The van der Waals surface area contributed by atoms with Gasteiger partial charge >= 0.3 is 29.6 Å². The number of phenols is 2. The molecule has 0 saturated carbocycles.